The van der Waals surface area contributed by atoms with E-state index in [0.717, 1.165) is 9.80 Å². The van der Waals surface area contributed by atoms with Gasteiger partial charge in [0.15, 0.2) is 0 Å². The van der Waals surface area contributed by atoms with Crippen molar-refractivity contribution in [2.75, 3.05) is 33.3 Å². The van der Waals surface area contributed by atoms with Gasteiger partial charge in [-0.3, -0.25) is 14.4 Å². The quantitative estimate of drug-likeness (QED) is 0.543. The lowest BCUT2D eigenvalue weighted by Crippen LogP contribution is -2.50. The Hall–Kier alpha value is -2.32. The molecule has 0 saturated heterocycles. The number of methoxy groups -OCH3 is 1. The zero-order valence-corrected chi connectivity index (χ0v) is 11.5. The van der Waals surface area contributed by atoms with E-state index in [-0.39, 0.29) is 13.1 Å². The van der Waals surface area contributed by atoms with Gasteiger partial charge in [-0.2, -0.15) is 0 Å². The van der Waals surface area contributed by atoms with Gasteiger partial charge in [0.2, 0.25) is 5.91 Å². The molecule has 0 rings (SSSR count). The fraction of sp³-hybridized carbons (Fsp3) is 0.636. The fourth-order valence-electron chi connectivity index (χ4n) is 1.48. The Morgan fingerprint density at radius 3 is 2.10 bits per heavy atom. The molecule has 20 heavy (non-hydrogen) atoms. The van der Waals surface area contributed by atoms with E-state index in [2.05, 4.69) is 4.74 Å². The summed E-state index contributed by atoms with van der Waals surface area (Å²) in [4.78, 5) is 46.8. The van der Waals surface area contributed by atoms with Crippen LogP contribution in [0.25, 0.3) is 0 Å². The number of amides is 3. The minimum atomic E-state index is -1.28. The summed E-state index contributed by atoms with van der Waals surface area (Å²) in [5.41, 5.74) is 4.97. The van der Waals surface area contributed by atoms with Gasteiger partial charge in [0.1, 0.15) is 19.6 Å². The van der Waals surface area contributed by atoms with Crippen molar-refractivity contribution in [3.05, 3.63) is 0 Å². The number of hydrogen-bond acceptors (Lipinski definition) is 5. The third-order valence-corrected chi connectivity index (χ3v) is 2.26. The number of carboxylic acids is 1. The predicted molar refractivity (Wildman–Crippen MR) is 67.7 cm³/mol. The lowest BCUT2D eigenvalue weighted by Gasteiger charge is -2.28. The van der Waals surface area contributed by atoms with Crippen molar-refractivity contribution in [2.24, 2.45) is 5.73 Å². The Morgan fingerprint density at radius 2 is 1.70 bits per heavy atom. The molecule has 0 spiro atoms. The molecule has 9 heteroatoms. The second-order valence-electron chi connectivity index (χ2n) is 4.00. The molecule has 0 heterocycles. The highest BCUT2D eigenvalue weighted by Crippen LogP contribution is 2.02. The van der Waals surface area contributed by atoms with E-state index < -0.39 is 37.0 Å². The number of esters is 1. The fourth-order valence-corrected chi connectivity index (χ4v) is 1.48. The van der Waals surface area contributed by atoms with E-state index in [1.165, 1.54) is 7.11 Å². The standard InChI is InChI=1S/C11H19N3O6/c1-3-4-13(7-10(18)20-2)11(19)14(5-8(12)15)6-9(16)17/h3-7H2,1-2H3,(H2,12,15)(H,16,17). The minimum Gasteiger partial charge on any atom is -0.480 e. The van der Waals surface area contributed by atoms with Crippen molar-refractivity contribution in [1.82, 2.24) is 9.80 Å². The summed E-state index contributed by atoms with van der Waals surface area (Å²) in [6.45, 7) is 0.476. The van der Waals surface area contributed by atoms with Gasteiger partial charge >= 0.3 is 18.0 Å². The molecule has 0 bridgehead atoms. The third-order valence-electron chi connectivity index (χ3n) is 2.26. The lowest BCUT2D eigenvalue weighted by molar-refractivity contribution is -0.141. The van der Waals surface area contributed by atoms with E-state index in [1.807, 2.05) is 0 Å². The molecule has 0 aromatic carbocycles. The number of primary amides is 1. The number of aliphatic carboxylic acids is 1. The summed E-state index contributed by atoms with van der Waals surface area (Å²) in [5, 5.41) is 8.73. The summed E-state index contributed by atoms with van der Waals surface area (Å²) in [6.07, 6.45) is 0.556. The van der Waals surface area contributed by atoms with Crippen molar-refractivity contribution in [1.29, 1.82) is 0 Å². The second-order valence-corrected chi connectivity index (χ2v) is 4.00. The molecule has 0 unspecified atom stereocenters. The maximum absolute atomic E-state index is 12.1. The number of nitrogens with two attached hydrogens (primary N) is 1. The number of carboxylic acid groups (broad SMARTS) is 1. The summed E-state index contributed by atoms with van der Waals surface area (Å²) in [5.74, 6) is -2.76. The Morgan fingerprint density at radius 1 is 1.10 bits per heavy atom. The van der Waals surface area contributed by atoms with Gasteiger partial charge in [-0.15, -0.1) is 0 Å². The first-order chi connectivity index (χ1) is 9.31. The van der Waals surface area contributed by atoms with E-state index in [4.69, 9.17) is 10.8 Å². The van der Waals surface area contributed by atoms with Crippen LogP contribution in [0.1, 0.15) is 13.3 Å². The van der Waals surface area contributed by atoms with E-state index in [1.54, 1.807) is 6.92 Å². The zero-order chi connectivity index (χ0) is 15.7. The van der Waals surface area contributed by atoms with Gasteiger partial charge < -0.3 is 25.4 Å². The van der Waals surface area contributed by atoms with Crippen LogP contribution in [-0.2, 0) is 19.1 Å². The Bertz CT molecular complexity index is 368. The number of ether oxygens (including phenoxy) is 1. The highest BCUT2D eigenvalue weighted by molar-refractivity contribution is 5.87. The smallest absolute Gasteiger partial charge is 0.325 e. The van der Waals surface area contributed by atoms with Crippen LogP contribution >= 0.6 is 0 Å². The first-order valence-electron chi connectivity index (χ1n) is 5.92. The van der Waals surface area contributed by atoms with Gasteiger partial charge in [0, 0.05) is 6.54 Å². The summed E-state index contributed by atoms with van der Waals surface area (Å²) in [7, 11) is 1.18. The van der Waals surface area contributed by atoms with E-state index in [9.17, 15) is 19.2 Å². The molecule has 3 N–H and O–H groups in total. The molecule has 0 aliphatic rings. The number of carbonyl (C=O) groups is 4. The van der Waals surface area contributed by atoms with Crippen molar-refractivity contribution >= 4 is 23.9 Å². The van der Waals surface area contributed by atoms with Crippen LogP contribution in [0, 0.1) is 0 Å². The SMILES string of the molecule is CCCN(CC(=O)OC)C(=O)N(CC(N)=O)CC(=O)O. The third kappa shape index (κ3) is 6.57. The second kappa shape index (κ2) is 8.73. The Labute approximate surface area is 116 Å². The van der Waals surface area contributed by atoms with Crippen molar-refractivity contribution in [3.63, 3.8) is 0 Å². The lowest BCUT2D eigenvalue weighted by atomic mass is 10.4. The molecule has 114 valence electrons. The molecule has 3 amide bonds. The van der Waals surface area contributed by atoms with Crippen LogP contribution in [0.5, 0.6) is 0 Å². The van der Waals surface area contributed by atoms with E-state index >= 15 is 0 Å². The van der Waals surface area contributed by atoms with Crippen LogP contribution in [0.2, 0.25) is 0 Å². The Kier molecular flexibility index (Phi) is 7.71. The normalized spacial score (nSPS) is 9.70. The van der Waals surface area contributed by atoms with Gasteiger partial charge in [-0.25, -0.2) is 4.79 Å². The molecule has 0 saturated carbocycles. The monoisotopic (exact) mass is 289 g/mol. The van der Waals surface area contributed by atoms with Gasteiger partial charge in [-0.1, -0.05) is 6.92 Å². The van der Waals surface area contributed by atoms with Crippen LogP contribution in [0.3, 0.4) is 0 Å². The van der Waals surface area contributed by atoms with Crippen LogP contribution < -0.4 is 5.73 Å². The van der Waals surface area contributed by atoms with Crippen LogP contribution in [-0.4, -0.2) is 72.1 Å². The molecular formula is C11H19N3O6. The predicted octanol–water partition coefficient (Wildman–Crippen LogP) is -1.14. The van der Waals surface area contributed by atoms with Crippen molar-refractivity contribution in [2.45, 2.75) is 13.3 Å². The van der Waals surface area contributed by atoms with Gasteiger partial charge in [0.25, 0.3) is 0 Å². The average molecular weight is 289 g/mol. The molecule has 0 aromatic heterocycles. The first-order valence-corrected chi connectivity index (χ1v) is 5.92. The molecule has 0 aliphatic carbocycles. The van der Waals surface area contributed by atoms with Gasteiger partial charge in [-0.05, 0) is 6.42 Å². The summed E-state index contributed by atoms with van der Waals surface area (Å²) in [6, 6.07) is -0.751. The highest BCUT2D eigenvalue weighted by atomic mass is 16.5. The number of urea groups is 1. The van der Waals surface area contributed by atoms with Crippen molar-refractivity contribution in [3.8, 4) is 0 Å². The molecule has 0 aliphatic heterocycles. The number of rotatable bonds is 8. The topological polar surface area (TPSA) is 130 Å². The molecule has 9 nitrogen and oxygen atoms in total. The maximum atomic E-state index is 12.1. The molecule has 0 atom stereocenters. The summed E-state index contributed by atoms with van der Waals surface area (Å²) >= 11 is 0. The first kappa shape index (κ1) is 17.7. The van der Waals surface area contributed by atoms with E-state index in [0.29, 0.717) is 6.42 Å². The Balaban J connectivity index is 4.97. The largest absolute Gasteiger partial charge is 0.480 e. The van der Waals surface area contributed by atoms with Gasteiger partial charge in [0.05, 0.1) is 7.11 Å². The highest BCUT2D eigenvalue weighted by Gasteiger charge is 2.25. The van der Waals surface area contributed by atoms with Crippen LogP contribution in [0.15, 0.2) is 0 Å². The maximum Gasteiger partial charge on any atom is 0.325 e. The number of nitrogens with zero attached hydrogens (tertiary/aromatic N) is 2. The molecular weight excluding hydrogens is 270 g/mol. The van der Waals surface area contributed by atoms with Crippen molar-refractivity contribution < 1.29 is 29.0 Å². The average Bonchev–Trinajstić information content (AvgIpc) is 2.35. The number of hydrogen-bond donors (Lipinski definition) is 2. The summed E-state index contributed by atoms with van der Waals surface area (Å²) < 4.78 is 4.46. The zero-order valence-electron chi connectivity index (χ0n) is 11.5. The molecule has 0 fully saturated rings. The molecule has 0 aromatic rings. The molecule has 0 radical (unpaired) electrons. The number of carbonyl (C=O) groups excluding carboxylic acids is 3. The minimum absolute atomic E-state index is 0.225. The van der Waals surface area contributed by atoms with Crippen LogP contribution in [0.4, 0.5) is 4.79 Å².